The summed E-state index contributed by atoms with van der Waals surface area (Å²) in [4.78, 5) is 0. The summed E-state index contributed by atoms with van der Waals surface area (Å²) in [6.45, 7) is 8.74. The van der Waals surface area contributed by atoms with E-state index < -0.39 is 0 Å². The molecule has 0 atom stereocenters. The van der Waals surface area contributed by atoms with Gasteiger partial charge in [0.25, 0.3) is 0 Å². The summed E-state index contributed by atoms with van der Waals surface area (Å²) < 4.78 is 5.85. The molecule has 0 amide bonds. The first-order valence-corrected chi connectivity index (χ1v) is 8.33. The molecule has 0 bridgehead atoms. The maximum absolute atomic E-state index is 5.85. The van der Waals surface area contributed by atoms with Gasteiger partial charge in [0.15, 0.2) is 0 Å². The molecule has 0 N–H and O–H groups in total. The second-order valence-electron chi connectivity index (χ2n) is 6.52. The van der Waals surface area contributed by atoms with Crippen molar-refractivity contribution in [2.24, 2.45) is 0 Å². The second kappa shape index (κ2) is 5.81. The van der Waals surface area contributed by atoms with Gasteiger partial charge in [0.05, 0.1) is 0 Å². The molecule has 0 saturated carbocycles. The van der Waals surface area contributed by atoms with Crippen molar-refractivity contribution in [3.63, 3.8) is 0 Å². The van der Waals surface area contributed by atoms with Gasteiger partial charge in [0, 0.05) is 0 Å². The van der Waals surface area contributed by atoms with Gasteiger partial charge in [-0.1, -0.05) is 0 Å². The van der Waals surface area contributed by atoms with E-state index >= 15 is 0 Å². The molecule has 2 heteroatoms. The molecule has 0 saturated heterocycles. The summed E-state index contributed by atoms with van der Waals surface area (Å²) in [5.74, 6) is 0. The Bertz CT molecular complexity index is 796. The van der Waals surface area contributed by atoms with Crippen molar-refractivity contribution < 1.29 is 24.1 Å². The van der Waals surface area contributed by atoms with E-state index in [9.17, 15) is 0 Å². The van der Waals surface area contributed by atoms with Crippen LogP contribution in [-0.2, 0) is 29.7 Å². The fraction of sp³-hybridized carbons (Fsp3) is 0.300. The van der Waals surface area contributed by atoms with Gasteiger partial charge in [-0.05, 0) is 0 Å². The van der Waals surface area contributed by atoms with E-state index in [1.807, 2.05) is 0 Å². The van der Waals surface area contributed by atoms with Crippen LogP contribution in [-0.4, -0.2) is 0 Å². The Labute approximate surface area is 144 Å². The number of fused-ring (bicyclic) bond motifs is 1. The van der Waals surface area contributed by atoms with E-state index in [0.29, 0.717) is 0 Å². The third-order valence-electron chi connectivity index (χ3n) is 4.77. The molecule has 1 aliphatic rings. The second-order valence-corrected chi connectivity index (χ2v) is 6.84. The zero-order valence-corrected chi connectivity index (χ0v) is 15.2. The van der Waals surface area contributed by atoms with E-state index in [4.69, 9.17) is 3.32 Å². The van der Waals surface area contributed by atoms with E-state index in [2.05, 4.69) is 70.2 Å². The molecule has 1 aliphatic carbocycles. The summed E-state index contributed by atoms with van der Waals surface area (Å²) in [7, 11) is 0. The van der Waals surface area contributed by atoms with Crippen LogP contribution >= 0.6 is 0 Å². The van der Waals surface area contributed by atoms with Crippen LogP contribution in [0.5, 0.6) is 0 Å². The molecular weight excluding hydrogens is 304 g/mol. The zero-order valence-electron chi connectivity index (χ0n) is 13.7. The summed E-state index contributed by atoms with van der Waals surface area (Å²) in [5.41, 5.74) is 6.54. The number of hydrogen-bond donors (Lipinski definition) is 0. The third kappa shape index (κ3) is 2.52. The Morgan fingerprint density at radius 2 is 1.77 bits per heavy atom. The summed E-state index contributed by atoms with van der Waals surface area (Å²) in [6.07, 6.45) is 3.34. The first kappa shape index (κ1) is 15.7. The number of allylic oxidation sites excluding steroid dienone is 4. The van der Waals surface area contributed by atoms with Gasteiger partial charge in [-0.3, -0.25) is 0 Å². The molecule has 3 rings (SSSR count). The Kier molecular flexibility index (Phi) is 4.16. The molecule has 0 fully saturated rings. The van der Waals surface area contributed by atoms with Gasteiger partial charge < -0.3 is 0 Å². The van der Waals surface area contributed by atoms with Crippen LogP contribution in [0.4, 0.5) is 0 Å². The van der Waals surface area contributed by atoms with Gasteiger partial charge in [-0.2, -0.15) is 0 Å². The van der Waals surface area contributed by atoms with Crippen molar-refractivity contribution in [1.29, 1.82) is 0 Å². The van der Waals surface area contributed by atoms with Crippen LogP contribution in [0.2, 0.25) is 0 Å². The Morgan fingerprint density at radius 1 is 1.05 bits per heavy atom. The maximum atomic E-state index is 5.85. The van der Waals surface area contributed by atoms with E-state index in [0.717, 1.165) is 6.42 Å². The first-order valence-electron chi connectivity index (χ1n) is 7.70. The van der Waals surface area contributed by atoms with Crippen molar-refractivity contribution in [1.82, 2.24) is 0 Å². The normalized spacial score (nSPS) is 15.5. The van der Waals surface area contributed by atoms with E-state index in [1.165, 1.54) is 38.6 Å². The fourth-order valence-electron chi connectivity index (χ4n) is 3.33. The molecular formula is C20H21OTi. The summed E-state index contributed by atoms with van der Waals surface area (Å²) in [5, 5.41) is 2.56. The van der Waals surface area contributed by atoms with Crippen LogP contribution in [0.25, 0.3) is 16.3 Å². The Balaban J connectivity index is 2.34. The predicted octanol–water partition coefficient (Wildman–Crippen LogP) is 5.68. The van der Waals surface area contributed by atoms with Crippen LogP contribution < -0.4 is 0 Å². The molecule has 111 valence electrons. The number of hydrogen-bond acceptors (Lipinski definition) is 1. The fourth-order valence-corrected chi connectivity index (χ4v) is 3.49. The molecule has 22 heavy (non-hydrogen) atoms. The van der Waals surface area contributed by atoms with E-state index in [1.54, 1.807) is 20.8 Å². The first-order chi connectivity index (χ1) is 10.5. The summed E-state index contributed by atoms with van der Waals surface area (Å²) in [6, 6.07) is 13.1. The minimum absolute atomic E-state index is 0.319. The van der Waals surface area contributed by atoms with Crippen molar-refractivity contribution in [2.45, 2.75) is 39.7 Å². The van der Waals surface area contributed by atoms with Crippen molar-refractivity contribution in [2.75, 3.05) is 0 Å². The molecule has 0 aromatic heterocycles. The topological polar surface area (TPSA) is 9.23 Å². The Morgan fingerprint density at radius 3 is 2.41 bits per heavy atom. The third-order valence-corrected chi connectivity index (χ3v) is 5.56. The molecule has 2 aromatic rings. The Hall–Kier alpha value is -1.15. The molecule has 0 unspecified atom stereocenters. The average Bonchev–Trinajstić information content (AvgIpc) is 2.85. The zero-order chi connectivity index (χ0) is 15.9. The number of benzene rings is 2. The summed E-state index contributed by atoms with van der Waals surface area (Å²) >= 11 is 1.80. The van der Waals surface area contributed by atoms with Gasteiger partial charge in [-0.25, -0.2) is 0 Å². The average molecular weight is 325 g/mol. The van der Waals surface area contributed by atoms with Crippen LogP contribution in [0.15, 0.2) is 53.6 Å². The van der Waals surface area contributed by atoms with Gasteiger partial charge in [0.2, 0.25) is 0 Å². The SMILES string of the molecule is CC1=CCC(c2ccc3ccccc3c2C(C)(C)[O][Ti])=C1C. The molecule has 2 aromatic carbocycles. The molecule has 0 spiro atoms. The quantitative estimate of drug-likeness (QED) is 0.660. The van der Waals surface area contributed by atoms with Gasteiger partial charge in [-0.15, -0.1) is 0 Å². The molecule has 0 radical (unpaired) electrons. The van der Waals surface area contributed by atoms with Crippen LogP contribution in [0.3, 0.4) is 0 Å². The molecule has 0 aliphatic heterocycles. The van der Waals surface area contributed by atoms with Crippen LogP contribution in [0, 0.1) is 0 Å². The molecule has 0 heterocycles. The number of rotatable bonds is 3. The van der Waals surface area contributed by atoms with Gasteiger partial charge >= 0.3 is 145 Å². The van der Waals surface area contributed by atoms with Crippen molar-refractivity contribution in [3.05, 3.63) is 64.7 Å². The standard InChI is InChI=1S/C20H21O.Ti/c1-13-9-11-16(14(13)2)18-12-10-15-7-5-6-8-17(15)19(18)20(3,4)21;/h5-10,12H,11H2,1-4H3;/q-1;+1. The monoisotopic (exact) mass is 325 g/mol. The van der Waals surface area contributed by atoms with Crippen LogP contribution in [0.1, 0.15) is 45.2 Å². The van der Waals surface area contributed by atoms with Gasteiger partial charge in [0.1, 0.15) is 0 Å². The van der Waals surface area contributed by atoms with Crippen molar-refractivity contribution >= 4 is 16.3 Å². The molecule has 1 nitrogen and oxygen atoms in total. The van der Waals surface area contributed by atoms with E-state index in [-0.39, 0.29) is 5.60 Å². The minimum atomic E-state index is -0.319. The predicted molar refractivity (Wildman–Crippen MR) is 89.0 cm³/mol. The van der Waals surface area contributed by atoms with Crippen molar-refractivity contribution in [3.8, 4) is 0 Å².